The molecule has 0 radical (unpaired) electrons. The van der Waals surface area contributed by atoms with Gasteiger partial charge < -0.3 is 15.3 Å². The van der Waals surface area contributed by atoms with E-state index >= 15 is 0 Å². The second-order valence-corrected chi connectivity index (χ2v) is 6.85. The van der Waals surface area contributed by atoms with E-state index in [9.17, 15) is 4.79 Å². The molecule has 0 aliphatic heterocycles. The predicted molar refractivity (Wildman–Crippen MR) is 91.2 cm³/mol. The van der Waals surface area contributed by atoms with Gasteiger partial charge in [-0.15, -0.1) is 0 Å². The molecule has 0 atom stereocenters. The van der Waals surface area contributed by atoms with Crippen LogP contribution in [0.4, 0.5) is 11.4 Å². The number of aliphatic hydroxyl groups excluding tert-OH is 1. The number of rotatable bonds is 6. The van der Waals surface area contributed by atoms with Gasteiger partial charge in [-0.25, -0.2) is 0 Å². The minimum Gasteiger partial charge on any atom is -0.395 e. The zero-order chi connectivity index (χ0) is 16.2. The summed E-state index contributed by atoms with van der Waals surface area (Å²) in [7, 11) is 1.94. The average Bonchev–Trinajstić information content (AvgIpc) is 3.03. The van der Waals surface area contributed by atoms with Crippen LogP contribution in [-0.2, 0) is 4.79 Å². The molecule has 2 N–H and O–H groups in total. The second kappa shape index (κ2) is 7.14. The first kappa shape index (κ1) is 16.8. The molecule has 1 aliphatic rings. The van der Waals surface area contributed by atoms with Gasteiger partial charge in [0.25, 0.3) is 0 Å². The molecule has 4 nitrogen and oxygen atoms in total. The molecule has 1 saturated carbocycles. The molecule has 1 aromatic rings. The van der Waals surface area contributed by atoms with Crippen LogP contribution in [0.1, 0.15) is 39.5 Å². The van der Waals surface area contributed by atoms with E-state index < -0.39 is 0 Å². The number of hydrogen-bond donors (Lipinski definition) is 2. The van der Waals surface area contributed by atoms with Gasteiger partial charge in [-0.05, 0) is 43.0 Å². The molecule has 2 rings (SSSR count). The lowest BCUT2D eigenvalue weighted by Gasteiger charge is -2.30. The highest BCUT2D eigenvalue weighted by molar-refractivity contribution is 5.95. The number of hydrogen-bond acceptors (Lipinski definition) is 3. The highest BCUT2D eigenvalue weighted by atomic mass is 16.3. The minimum absolute atomic E-state index is 0.107. The molecule has 4 heteroatoms. The number of likely N-dealkylation sites (N-methyl/N-ethyl adjacent to an activating group) is 1. The molecule has 0 unspecified atom stereocenters. The molecule has 1 aromatic carbocycles. The van der Waals surface area contributed by atoms with E-state index in [1.54, 1.807) is 0 Å². The third-order valence-electron chi connectivity index (χ3n) is 4.96. The quantitative estimate of drug-likeness (QED) is 0.848. The topological polar surface area (TPSA) is 52.6 Å². The molecule has 1 amide bonds. The highest BCUT2D eigenvalue weighted by Gasteiger charge is 2.38. The maximum atomic E-state index is 12.6. The summed E-state index contributed by atoms with van der Waals surface area (Å²) in [5, 5.41) is 12.0. The fourth-order valence-corrected chi connectivity index (χ4v) is 3.20. The number of benzene rings is 1. The van der Waals surface area contributed by atoms with Crippen LogP contribution in [0.3, 0.4) is 0 Å². The maximum Gasteiger partial charge on any atom is 0.230 e. The SMILES string of the molecule is CN(CCO)c1ccc(NC(=O)C(C)(C)C2CCCC2)cc1. The summed E-state index contributed by atoms with van der Waals surface area (Å²) in [6, 6.07) is 7.78. The summed E-state index contributed by atoms with van der Waals surface area (Å²) in [6.07, 6.45) is 4.80. The Bertz CT molecular complexity index is 490. The fraction of sp³-hybridized carbons (Fsp3) is 0.611. The van der Waals surface area contributed by atoms with Crippen molar-refractivity contribution in [1.82, 2.24) is 0 Å². The Balaban J connectivity index is 1.99. The Hall–Kier alpha value is -1.55. The minimum atomic E-state index is -0.317. The highest BCUT2D eigenvalue weighted by Crippen LogP contribution is 2.40. The lowest BCUT2D eigenvalue weighted by molar-refractivity contribution is -0.126. The van der Waals surface area contributed by atoms with E-state index in [1.807, 2.05) is 36.2 Å². The van der Waals surface area contributed by atoms with Crippen molar-refractivity contribution in [3.8, 4) is 0 Å². The van der Waals surface area contributed by atoms with Crippen molar-refractivity contribution < 1.29 is 9.90 Å². The average molecular weight is 304 g/mol. The Kier molecular flexibility index (Phi) is 5.46. The van der Waals surface area contributed by atoms with Gasteiger partial charge >= 0.3 is 0 Å². The van der Waals surface area contributed by atoms with Crippen LogP contribution in [0.25, 0.3) is 0 Å². The van der Waals surface area contributed by atoms with Crippen molar-refractivity contribution in [3.63, 3.8) is 0 Å². The van der Waals surface area contributed by atoms with E-state index in [4.69, 9.17) is 5.11 Å². The number of carbonyl (C=O) groups excluding carboxylic acids is 1. The van der Waals surface area contributed by atoms with E-state index in [2.05, 4.69) is 19.2 Å². The van der Waals surface area contributed by atoms with Crippen LogP contribution in [0.15, 0.2) is 24.3 Å². The van der Waals surface area contributed by atoms with Crippen molar-refractivity contribution in [2.75, 3.05) is 30.4 Å². The molecule has 0 heterocycles. The largest absolute Gasteiger partial charge is 0.395 e. The molecule has 1 aliphatic carbocycles. The van der Waals surface area contributed by atoms with Crippen LogP contribution in [0, 0.1) is 11.3 Å². The number of amides is 1. The standard InChI is InChI=1S/C18H28N2O2/c1-18(2,14-6-4-5-7-14)17(22)19-15-8-10-16(11-9-15)20(3)12-13-21/h8-11,14,21H,4-7,12-13H2,1-3H3,(H,19,22). The third kappa shape index (κ3) is 3.80. The van der Waals surface area contributed by atoms with Gasteiger partial charge in [-0.3, -0.25) is 4.79 Å². The molecule has 122 valence electrons. The van der Waals surface area contributed by atoms with Gasteiger partial charge in [0.15, 0.2) is 0 Å². The molecular formula is C18H28N2O2. The second-order valence-electron chi connectivity index (χ2n) is 6.85. The van der Waals surface area contributed by atoms with Crippen molar-refractivity contribution in [2.24, 2.45) is 11.3 Å². The Morgan fingerprint density at radius 1 is 1.27 bits per heavy atom. The zero-order valence-electron chi connectivity index (χ0n) is 13.9. The number of anilines is 2. The van der Waals surface area contributed by atoms with E-state index in [0.29, 0.717) is 12.5 Å². The number of nitrogens with one attached hydrogen (secondary N) is 1. The monoisotopic (exact) mass is 304 g/mol. The predicted octanol–water partition coefficient (Wildman–Crippen LogP) is 3.27. The Morgan fingerprint density at radius 3 is 2.41 bits per heavy atom. The van der Waals surface area contributed by atoms with Crippen LogP contribution >= 0.6 is 0 Å². The number of nitrogens with zero attached hydrogens (tertiary/aromatic N) is 1. The Morgan fingerprint density at radius 2 is 1.86 bits per heavy atom. The van der Waals surface area contributed by atoms with Gasteiger partial charge in [-0.1, -0.05) is 26.7 Å². The van der Waals surface area contributed by atoms with Crippen LogP contribution in [0.5, 0.6) is 0 Å². The lowest BCUT2D eigenvalue weighted by Crippen LogP contribution is -2.36. The van der Waals surface area contributed by atoms with E-state index in [0.717, 1.165) is 24.2 Å². The summed E-state index contributed by atoms with van der Waals surface area (Å²) in [6.45, 7) is 4.84. The summed E-state index contributed by atoms with van der Waals surface area (Å²) in [5.41, 5.74) is 1.54. The summed E-state index contributed by atoms with van der Waals surface area (Å²) >= 11 is 0. The van der Waals surface area contributed by atoms with Crippen molar-refractivity contribution in [2.45, 2.75) is 39.5 Å². The third-order valence-corrected chi connectivity index (χ3v) is 4.96. The molecular weight excluding hydrogens is 276 g/mol. The van der Waals surface area contributed by atoms with Gasteiger partial charge in [0.2, 0.25) is 5.91 Å². The van der Waals surface area contributed by atoms with Gasteiger partial charge in [0, 0.05) is 30.4 Å². The number of aliphatic hydroxyl groups is 1. The summed E-state index contributed by atoms with van der Waals surface area (Å²) in [5.74, 6) is 0.596. The van der Waals surface area contributed by atoms with Gasteiger partial charge in [-0.2, -0.15) is 0 Å². The normalized spacial score (nSPS) is 15.8. The van der Waals surface area contributed by atoms with Crippen LogP contribution in [-0.4, -0.2) is 31.2 Å². The lowest BCUT2D eigenvalue weighted by atomic mass is 9.77. The molecule has 0 bridgehead atoms. The zero-order valence-corrected chi connectivity index (χ0v) is 13.9. The van der Waals surface area contributed by atoms with Crippen molar-refractivity contribution in [1.29, 1.82) is 0 Å². The molecule has 1 fully saturated rings. The molecule has 22 heavy (non-hydrogen) atoms. The molecule has 0 aromatic heterocycles. The number of carbonyl (C=O) groups is 1. The van der Waals surface area contributed by atoms with Gasteiger partial charge in [0.05, 0.1) is 6.61 Å². The van der Waals surface area contributed by atoms with Crippen LogP contribution in [0.2, 0.25) is 0 Å². The molecule has 0 spiro atoms. The van der Waals surface area contributed by atoms with Crippen molar-refractivity contribution >= 4 is 17.3 Å². The van der Waals surface area contributed by atoms with Gasteiger partial charge in [0.1, 0.15) is 0 Å². The van der Waals surface area contributed by atoms with E-state index in [-0.39, 0.29) is 17.9 Å². The fourth-order valence-electron chi connectivity index (χ4n) is 3.20. The van der Waals surface area contributed by atoms with Crippen molar-refractivity contribution in [3.05, 3.63) is 24.3 Å². The first-order valence-electron chi connectivity index (χ1n) is 8.18. The smallest absolute Gasteiger partial charge is 0.230 e. The summed E-state index contributed by atoms with van der Waals surface area (Å²) < 4.78 is 0. The Labute approximate surface area is 133 Å². The maximum absolute atomic E-state index is 12.6. The van der Waals surface area contributed by atoms with E-state index in [1.165, 1.54) is 12.8 Å². The van der Waals surface area contributed by atoms with Crippen LogP contribution < -0.4 is 10.2 Å². The summed E-state index contributed by atoms with van der Waals surface area (Å²) in [4.78, 5) is 14.6. The first-order chi connectivity index (χ1) is 10.4. The first-order valence-corrected chi connectivity index (χ1v) is 8.18. The molecule has 0 saturated heterocycles.